The number of benzene rings is 2. The summed E-state index contributed by atoms with van der Waals surface area (Å²) in [5, 5.41) is 3.96. The Bertz CT molecular complexity index is 1050. The number of likely N-dealkylation sites (N-methyl/N-ethyl adjacent to an activating group) is 1. The smallest absolute Gasteiger partial charge is 0.121 e. The molecule has 1 atom stereocenters. The van der Waals surface area contributed by atoms with Crippen LogP contribution < -0.4 is 15.0 Å². The van der Waals surface area contributed by atoms with Crippen molar-refractivity contribution < 1.29 is 4.74 Å². The van der Waals surface area contributed by atoms with Crippen molar-refractivity contribution in [1.82, 2.24) is 9.80 Å². The summed E-state index contributed by atoms with van der Waals surface area (Å²) in [7, 11) is 6.58. The van der Waals surface area contributed by atoms with Gasteiger partial charge >= 0.3 is 0 Å². The number of nitrogens with one attached hydrogen (secondary N) is 1. The van der Waals surface area contributed by atoms with Crippen molar-refractivity contribution in [3.05, 3.63) is 52.6 Å². The van der Waals surface area contributed by atoms with Gasteiger partial charge < -0.3 is 19.9 Å². The van der Waals surface area contributed by atoms with Crippen molar-refractivity contribution in [2.24, 2.45) is 5.92 Å². The second kappa shape index (κ2) is 12.7. The molecule has 1 aliphatic heterocycles. The average Bonchev–Trinajstić information content (AvgIpc) is 3.40. The van der Waals surface area contributed by atoms with E-state index < -0.39 is 0 Å². The lowest BCUT2D eigenvalue weighted by Gasteiger charge is -2.32. The lowest BCUT2D eigenvalue weighted by atomic mass is 9.82. The van der Waals surface area contributed by atoms with Gasteiger partial charge in [0, 0.05) is 69.8 Å². The summed E-state index contributed by atoms with van der Waals surface area (Å²) in [5.74, 6) is 1.82. The van der Waals surface area contributed by atoms with Gasteiger partial charge in [0.15, 0.2) is 0 Å². The van der Waals surface area contributed by atoms with Crippen LogP contribution in [0.25, 0.3) is 0 Å². The van der Waals surface area contributed by atoms with Gasteiger partial charge in [-0.25, -0.2) is 0 Å². The Hall–Kier alpha value is -2.24. The standard InChI is InChI=1S/C33H50N4O/c1-25(34-31-15-9-13-27-12-8-14-30(27)31)33-28(22-26-10-6-5-7-11-26)23-29(24-32(33)35(2)3)38-21-20-37-18-16-36(4)17-19-37/h9,13,15,23-26,34H,5-8,10-12,14,16-22H2,1-4H3. The van der Waals surface area contributed by atoms with E-state index in [1.54, 1.807) is 0 Å². The summed E-state index contributed by atoms with van der Waals surface area (Å²) in [4.78, 5) is 7.24. The zero-order valence-electron chi connectivity index (χ0n) is 24.4. The Morgan fingerprint density at radius 2 is 1.79 bits per heavy atom. The molecule has 2 aromatic carbocycles. The van der Waals surface area contributed by atoms with Gasteiger partial charge in [-0.15, -0.1) is 0 Å². The number of ether oxygens (including phenoxy) is 1. The number of aryl methyl sites for hydroxylation is 1. The summed E-state index contributed by atoms with van der Waals surface area (Å²) in [6.45, 7) is 8.70. The molecular weight excluding hydrogens is 468 g/mol. The second-order valence-corrected chi connectivity index (χ2v) is 12.3. The number of anilines is 2. The Morgan fingerprint density at radius 3 is 2.55 bits per heavy atom. The van der Waals surface area contributed by atoms with Gasteiger partial charge in [0.1, 0.15) is 12.4 Å². The van der Waals surface area contributed by atoms with Crippen molar-refractivity contribution in [2.75, 3.05) is 70.7 Å². The molecule has 0 radical (unpaired) electrons. The molecule has 0 amide bonds. The van der Waals surface area contributed by atoms with Crippen molar-refractivity contribution in [3.63, 3.8) is 0 Å². The fraction of sp³-hybridized carbons (Fsp3) is 0.636. The fourth-order valence-electron chi connectivity index (χ4n) is 6.92. The van der Waals surface area contributed by atoms with Gasteiger partial charge in [-0.05, 0) is 74.4 Å². The minimum atomic E-state index is 0.234. The van der Waals surface area contributed by atoms with E-state index in [-0.39, 0.29) is 6.04 Å². The molecule has 1 unspecified atom stereocenters. The SMILES string of the molecule is CC(Nc1cccc2c1CCC2)c1c(CC2CCCCC2)cc(OCCN2CCN(C)CC2)cc1N(C)C. The van der Waals surface area contributed by atoms with Gasteiger partial charge in [-0.2, -0.15) is 0 Å². The summed E-state index contributed by atoms with van der Waals surface area (Å²) in [6.07, 6.45) is 11.7. The first-order valence-corrected chi connectivity index (χ1v) is 15.2. The predicted molar refractivity (Wildman–Crippen MR) is 161 cm³/mol. The maximum Gasteiger partial charge on any atom is 0.121 e. The first-order chi connectivity index (χ1) is 18.5. The minimum absolute atomic E-state index is 0.234. The zero-order valence-corrected chi connectivity index (χ0v) is 24.4. The lowest BCUT2D eigenvalue weighted by Crippen LogP contribution is -2.45. The van der Waals surface area contributed by atoms with Crippen LogP contribution in [0, 0.1) is 5.92 Å². The molecule has 3 aliphatic rings. The predicted octanol–water partition coefficient (Wildman–Crippen LogP) is 6.16. The Labute approximate surface area is 231 Å². The first-order valence-electron chi connectivity index (χ1n) is 15.2. The van der Waals surface area contributed by atoms with Crippen LogP contribution in [0.4, 0.5) is 11.4 Å². The van der Waals surface area contributed by atoms with Crippen LogP contribution in [-0.4, -0.2) is 70.3 Å². The van der Waals surface area contributed by atoms with E-state index in [1.165, 1.54) is 85.0 Å². The normalized spacial score (nSPS) is 19.8. The molecule has 5 nitrogen and oxygen atoms in total. The van der Waals surface area contributed by atoms with Crippen LogP contribution in [0.2, 0.25) is 0 Å². The zero-order chi connectivity index (χ0) is 26.5. The largest absolute Gasteiger partial charge is 0.492 e. The van der Waals surface area contributed by atoms with Gasteiger partial charge in [0.05, 0.1) is 6.04 Å². The van der Waals surface area contributed by atoms with Crippen LogP contribution in [0.5, 0.6) is 5.75 Å². The third-order valence-corrected chi connectivity index (χ3v) is 9.16. The van der Waals surface area contributed by atoms with Crippen LogP contribution in [-0.2, 0) is 19.3 Å². The maximum atomic E-state index is 6.47. The Morgan fingerprint density at radius 1 is 1.00 bits per heavy atom. The number of fused-ring (bicyclic) bond motifs is 1. The summed E-state index contributed by atoms with van der Waals surface area (Å²) in [5.41, 5.74) is 8.60. The minimum Gasteiger partial charge on any atom is -0.492 e. The molecule has 38 heavy (non-hydrogen) atoms. The van der Waals surface area contributed by atoms with Gasteiger partial charge in [-0.1, -0.05) is 44.2 Å². The van der Waals surface area contributed by atoms with Crippen molar-refractivity contribution in [2.45, 2.75) is 70.8 Å². The van der Waals surface area contributed by atoms with Crippen molar-refractivity contribution >= 4 is 11.4 Å². The molecule has 1 heterocycles. The van der Waals surface area contributed by atoms with Gasteiger partial charge in [0.25, 0.3) is 0 Å². The second-order valence-electron chi connectivity index (χ2n) is 12.3. The highest BCUT2D eigenvalue weighted by molar-refractivity contribution is 5.64. The topological polar surface area (TPSA) is 31.0 Å². The number of hydrogen-bond acceptors (Lipinski definition) is 5. The van der Waals surface area contributed by atoms with Crippen LogP contribution in [0.15, 0.2) is 30.3 Å². The van der Waals surface area contributed by atoms with E-state index in [9.17, 15) is 0 Å². The molecule has 5 heteroatoms. The highest BCUT2D eigenvalue weighted by Crippen LogP contribution is 2.39. The molecule has 1 N–H and O–H groups in total. The van der Waals surface area contributed by atoms with E-state index in [0.29, 0.717) is 0 Å². The van der Waals surface area contributed by atoms with E-state index in [1.807, 2.05) is 0 Å². The van der Waals surface area contributed by atoms with Crippen LogP contribution in [0.1, 0.15) is 73.7 Å². The Balaban J connectivity index is 1.39. The molecule has 5 rings (SSSR count). The highest BCUT2D eigenvalue weighted by Gasteiger charge is 2.24. The van der Waals surface area contributed by atoms with E-state index >= 15 is 0 Å². The van der Waals surface area contributed by atoms with Gasteiger partial charge in [-0.3, -0.25) is 4.90 Å². The first kappa shape index (κ1) is 27.3. The van der Waals surface area contributed by atoms with Gasteiger partial charge in [0.2, 0.25) is 0 Å². The summed E-state index contributed by atoms with van der Waals surface area (Å²) < 4.78 is 6.47. The molecule has 2 fully saturated rings. The summed E-state index contributed by atoms with van der Waals surface area (Å²) in [6, 6.07) is 11.7. The molecular formula is C33H50N4O. The lowest BCUT2D eigenvalue weighted by molar-refractivity contribution is 0.133. The maximum absolute atomic E-state index is 6.47. The third kappa shape index (κ3) is 6.66. The molecule has 0 spiro atoms. The molecule has 208 valence electrons. The molecule has 1 saturated heterocycles. The van der Waals surface area contributed by atoms with E-state index in [4.69, 9.17) is 4.74 Å². The summed E-state index contributed by atoms with van der Waals surface area (Å²) >= 11 is 0. The molecule has 2 aliphatic carbocycles. The molecule has 0 aromatic heterocycles. The fourth-order valence-corrected chi connectivity index (χ4v) is 6.92. The molecule has 2 aromatic rings. The molecule has 0 bridgehead atoms. The quantitative estimate of drug-likeness (QED) is 0.407. The number of hydrogen-bond donors (Lipinski definition) is 1. The van der Waals surface area contributed by atoms with Crippen LogP contribution >= 0.6 is 0 Å². The van der Waals surface area contributed by atoms with Crippen molar-refractivity contribution in [3.8, 4) is 5.75 Å². The Kier molecular flexibility index (Phi) is 9.16. The number of nitrogens with zero attached hydrogens (tertiary/aromatic N) is 3. The van der Waals surface area contributed by atoms with Crippen molar-refractivity contribution in [1.29, 1.82) is 0 Å². The van der Waals surface area contributed by atoms with E-state index in [2.05, 4.69) is 78.4 Å². The number of rotatable bonds is 10. The monoisotopic (exact) mass is 518 g/mol. The molecule has 1 saturated carbocycles. The number of piperazine rings is 1. The third-order valence-electron chi connectivity index (χ3n) is 9.16. The average molecular weight is 519 g/mol. The highest BCUT2D eigenvalue weighted by atomic mass is 16.5. The van der Waals surface area contributed by atoms with Crippen LogP contribution in [0.3, 0.4) is 0 Å². The van der Waals surface area contributed by atoms with E-state index in [0.717, 1.165) is 57.4 Å².